The fraction of sp³-hybridized carbons (Fsp3) is 0.421. The summed E-state index contributed by atoms with van der Waals surface area (Å²) in [7, 11) is 1.70. The summed E-state index contributed by atoms with van der Waals surface area (Å²) in [4.78, 5) is 20.5. The fourth-order valence-corrected chi connectivity index (χ4v) is 3.66. The molecule has 0 atom stereocenters. The van der Waals surface area contributed by atoms with Crippen molar-refractivity contribution in [3.63, 3.8) is 0 Å². The van der Waals surface area contributed by atoms with Crippen LogP contribution in [0.5, 0.6) is 0 Å². The lowest BCUT2D eigenvalue weighted by Crippen LogP contribution is -2.34. The first-order valence-electron chi connectivity index (χ1n) is 9.31. The Hall–Kier alpha value is -3.03. The van der Waals surface area contributed by atoms with Crippen LogP contribution in [0.3, 0.4) is 0 Å². The number of aromatic nitrogens is 5. The number of hydrogen-bond donors (Lipinski definition) is 2. The molecule has 8 heteroatoms. The second-order valence-corrected chi connectivity index (χ2v) is 6.93. The van der Waals surface area contributed by atoms with Crippen LogP contribution in [0, 0.1) is 5.92 Å². The third kappa shape index (κ3) is 3.74. The maximum absolute atomic E-state index is 11.8. The molecule has 4 rings (SSSR count). The molecule has 2 N–H and O–H groups in total. The van der Waals surface area contributed by atoms with Gasteiger partial charge in [-0.25, -0.2) is 14.6 Å². The number of fused-ring (bicyclic) bond motifs is 1. The zero-order valence-corrected chi connectivity index (χ0v) is 15.3. The van der Waals surface area contributed by atoms with E-state index < -0.39 is 0 Å². The zero-order chi connectivity index (χ0) is 18.6. The fourth-order valence-electron chi connectivity index (χ4n) is 3.66. The quantitative estimate of drug-likeness (QED) is 0.718. The Labute approximate surface area is 157 Å². The Morgan fingerprint density at radius 2 is 1.93 bits per heavy atom. The monoisotopic (exact) mass is 365 g/mol. The molecule has 1 aliphatic carbocycles. The van der Waals surface area contributed by atoms with E-state index in [4.69, 9.17) is 0 Å². The first-order valence-corrected chi connectivity index (χ1v) is 9.31. The van der Waals surface area contributed by atoms with Crippen molar-refractivity contribution in [1.82, 2.24) is 30.3 Å². The summed E-state index contributed by atoms with van der Waals surface area (Å²) in [5, 5.41) is 14.8. The molecular weight excluding hydrogens is 342 g/mol. The maximum Gasteiger partial charge on any atom is 0.222 e. The van der Waals surface area contributed by atoms with Crippen molar-refractivity contribution in [2.45, 2.75) is 38.3 Å². The van der Waals surface area contributed by atoms with E-state index in [1.54, 1.807) is 18.1 Å². The molecule has 0 aliphatic heterocycles. The molecule has 0 bridgehead atoms. The normalized spacial score (nSPS) is 19.7. The molecule has 0 unspecified atom stereocenters. The average molecular weight is 365 g/mol. The molecule has 3 aromatic rings. The minimum absolute atomic E-state index is 0.116. The molecule has 2 heterocycles. The van der Waals surface area contributed by atoms with Crippen molar-refractivity contribution in [2.75, 3.05) is 12.4 Å². The number of nitrogens with zero attached hydrogens (tertiary/aromatic N) is 5. The van der Waals surface area contributed by atoms with E-state index in [-0.39, 0.29) is 17.9 Å². The van der Waals surface area contributed by atoms with Crippen molar-refractivity contribution in [2.24, 2.45) is 5.92 Å². The summed E-state index contributed by atoms with van der Waals surface area (Å²) in [6, 6.07) is 10.4. The number of carbonyl (C=O) groups is 1. The molecule has 2 aromatic heterocycles. The van der Waals surface area contributed by atoms with E-state index in [0.717, 1.165) is 36.9 Å². The van der Waals surface area contributed by atoms with Gasteiger partial charge in [-0.2, -0.15) is 0 Å². The lowest BCUT2D eigenvalue weighted by Gasteiger charge is -2.28. The van der Waals surface area contributed by atoms with Crippen LogP contribution < -0.4 is 10.6 Å². The smallest absolute Gasteiger partial charge is 0.222 e. The molecule has 140 valence electrons. The lowest BCUT2D eigenvalue weighted by atomic mass is 9.85. The van der Waals surface area contributed by atoms with E-state index in [9.17, 15) is 4.79 Å². The molecule has 8 nitrogen and oxygen atoms in total. The van der Waals surface area contributed by atoms with Crippen LogP contribution in [0.2, 0.25) is 0 Å². The second-order valence-electron chi connectivity index (χ2n) is 6.93. The highest BCUT2D eigenvalue weighted by molar-refractivity contribution is 5.82. The highest BCUT2D eigenvalue weighted by Crippen LogP contribution is 2.27. The number of benzene rings is 1. The van der Waals surface area contributed by atoms with Gasteiger partial charge in [0.2, 0.25) is 5.91 Å². The van der Waals surface area contributed by atoms with Crippen LogP contribution in [0.25, 0.3) is 11.2 Å². The van der Waals surface area contributed by atoms with Gasteiger partial charge in [-0.15, -0.1) is 5.10 Å². The molecule has 1 fully saturated rings. The first-order chi connectivity index (χ1) is 13.2. The third-order valence-electron chi connectivity index (χ3n) is 5.16. The van der Waals surface area contributed by atoms with Gasteiger partial charge in [0.05, 0.1) is 6.54 Å². The summed E-state index contributed by atoms with van der Waals surface area (Å²) in [5.41, 5.74) is 2.54. The number of anilines is 1. The van der Waals surface area contributed by atoms with Crippen LogP contribution in [0.15, 0.2) is 36.7 Å². The third-order valence-corrected chi connectivity index (χ3v) is 5.16. The zero-order valence-electron chi connectivity index (χ0n) is 15.3. The average Bonchev–Trinajstić information content (AvgIpc) is 3.13. The predicted octanol–water partition coefficient (Wildman–Crippen LogP) is 1.99. The summed E-state index contributed by atoms with van der Waals surface area (Å²) in [5.74, 6) is 0.967. The first kappa shape index (κ1) is 17.4. The Morgan fingerprint density at radius 3 is 2.67 bits per heavy atom. The number of amides is 1. The summed E-state index contributed by atoms with van der Waals surface area (Å²) in [6.45, 7) is 0.616. The van der Waals surface area contributed by atoms with Crippen molar-refractivity contribution < 1.29 is 4.79 Å². The van der Waals surface area contributed by atoms with Crippen molar-refractivity contribution in [1.29, 1.82) is 0 Å². The number of nitrogens with one attached hydrogen (secondary N) is 2. The van der Waals surface area contributed by atoms with Crippen molar-refractivity contribution >= 4 is 22.9 Å². The van der Waals surface area contributed by atoms with Gasteiger partial charge in [-0.05, 0) is 31.2 Å². The molecule has 27 heavy (non-hydrogen) atoms. The van der Waals surface area contributed by atoms with Crippen molar-refractivity contribution in [3.05, 3.63) is 42.2 Å². The number of hydrogen-bond acceptors (Lipinski definition) is 6. The highest BCUT2D eigenvalue weighted by Gasteiger charge is 2.26. The van der Waals surface area contributed by atoms with Crippen LogP contribution in [0.4, 0.5) is 5.82 Å². The topological polar surface area (TPSA) is 97.6 Å². The molecule has 1 amide bonds. The molecule has 1 saturated carbocycles. The largest absolute Gasteiger partial charge is 0.365 e. The molecule has 1 aliphatic rings. The number of carbonyl (C=O) groups excluding carboxylic acids is 1. The highest BCUT2D eigenvalue weighted by atomic mass is 16.1. The van der Waals surface area contributed by atoms with Gasteiger partial charge in [0.15, 0.2) is 17.0 Å². The lowest BCUT2D eigenvalue weighted by molar-refractivity contribution is -0.125. The van der Waals surface area contributed by atoms with Crippen molar-refractivity contribution in [3.8, 4) is 0 Å². The Bertz CT molecular complexity index is 916. The summed E-state index contributed by atoms with van der Waals surface area (Å²) in [6.07, 6.45) is 5.17. The Morgan fingerprint density at radius 1 is 1.15 bits per heavy atom. The Kier molecular flexibility index (Phi) is 4.95. The molecule has 0 saturated heterocycles. The molecule has 0 radical (unpaired) electrons. The summed E-state index contributed by atoms with van der Waals surface area (Å²) >= 11 is 0. The molecule has 1 aromatic carbocycles. The Balaban J connectivity index is 1.48. The molecule has 0 spiro atoms. The predicted molar refractivity (Wildman–Crippen MR) is 102 cm³/mol. The standard InChI is InChI=1S/C19H23N7O/c1-20-19(27)14-7-9-15(10-8-14)23-17-16-18(22-12-21-17)26(25-24-16)11-13-5-3-2-4-6-13/h2-6,12,14-15H,7-11H2,1H3,(H,20,27)(H,21,22,23). The van der Waals surface area contributed by atoms with E-state index in [0.29, 0.717) is 17.9 Å². The van der Waals surface area contributed by atoms with Gasteiger partial charge in [0.25, 0.3) is 0 Å². The van der Waals surface area contributed by atoms with Gasteiger partial charge in [-0.3, -0.25) is 4.79 Å². The van der Waals surface area contributed by atoms with E-state index in [1.165, 1.54) is 0 Å². The van der Waals surface area contributed by atoms with Gasteiger partial charge in [-0.1, -0.05) is 35.5 Å². The molecular formula is C19H23N7O. The number of rotatable bonds is 5. The SMILES string of the molecule is CNC(=O)C1CCC(Nc2ncnc3c2nnn3Cc2ccccc2)CC1. The minimum atomic E-state index is 0.116. The van der Waals surface area contributed by atoms with Gasteiger partial charge in [0, 0.05) is 19.0 Å². The summed E-state index contributed by atoms with van der Waals surface area (Å²) < 4.78 is 1.79. The van der Waals surface area contributed by atoms with E-state index in [1.807, 2.05) is 18.2 Å². The minimum Gasteiger partial charge on any atom is -0.365 e. The second kappa shape index (κ2) is 7.69. The van der Waals surface area contributed by atoms with E-state index >= 15 is 0 Å². The van der Waals surface area contributed by atoms with E-state index in [2.05, 4.69) is 43.0 Å². The van der Waals surface area contributed by atoms with Gasteiger partial charge < -0.3 is 10.6 Å². The van der Waals surface area contributed by atoms with Crippen LogP contribution in [0.1, 0.15) is 31.2 Å². The van der Waals surface area contributed by atoms with Gasteiger partial charge >= 0.3 is 0 Å². The van der Waals surface area contributed by atoms with Crippen LogP contribution in [-0.4, -0.2) is 44.0 Å². The van der Waals surface area contributed by atoms with Gasteiger partial charge in [0.1, 0.15) is 6.33 Å². The van der Waals surface area contributed by atoms with Crippen LogP contribution in [-0.2, 0) is 11.3 Å². The maximum atomic E-state index is 11.8. The van der Waals surface area contributed by atoms with Crippen LogP contribution >= 0.6 is 0 Å².